The molecule has 0 atom stereocenters. The highest BCUT2D eigenvalue weighted by Crippen LogP contribution is 2.43. The van der Waals surface area contributed by atoms with Crippen LogP contribution in [0.1, 0.15) is 63.0 Å². The first-order valence-corrected chi connectivity index (χ1v) is 13.3. The fourth-order valence-corrected chi connectivity index (χ4v) is 5.67. The van der Waals surface area contributed by atoms with E-state index in [4.69, 9.17) is 18.9 Å². The lowest BCUT2D eigenvalue weighted by Gasteiger charge is -2.24. The second-order valence-electron chi connectivity index (χ2n) is 9.69. The zero-order chi connectivity index (χ0) is 24.2. The molecule has 0 aliphatic carbocycles. The molecule has 0 unspecified atom stereocenters. The fourth-order valence-electron chi connectivity index (χ4n) is 5.67. The number of ether oxygens (including phenoxy) is 4. The summed E-state index contributed by atoms with van der Waals surface area (Å²) in [6.45, 7) is 4.43. The van der Waals surface area contributed by atoms with E-state index in [0.717, 1.165) is 47.8 Å². The SMILES string of the molecule is CCCCCCCCCc1c2[n+](cc3c(OC)c(OC)ccc13)CCc1cc3c(cc1-2)OCCO3. The van der Waals surface area contributed by atoms with Crippen LogP contribution >= 0.6 is 0 Å². The smallest absolute Gasteiger partial charge is 0.216 e. The van der Waals surface area contributed by atoms with Gasteiger partial charge in [0.1, 0.15) is 13.2 Å². The molecule has 0 radical (unpaired) electrons. The number of unbranched alkanes of at least 4 members (excludes halogenated alkanes) is 6. The molecular weight excluding hydrogens is 438 g/mol. The highest BCUT2D eigenvalue weighted by Gasteiger charge is 2.31. The van der Waals surface area contributed by atoms with Crippen molar-refractivity contribution in [2.45, 2.75) is 71.3 Å². The molecule has 5 rings (SSSR count). The highest BCUT2D eigenvalue weighted by molar-refractivity contribution is 5.95. The zero-order valence-electron chi connectivity index (χ0n) is 21.5. The highest BCUT2D eigenvalue weighted by atomic mass is 16.6. The molecule has 0 fully saturated rings. The molecule has 2 aromatic carbocycles. The summed E-state index contributed by atoms with van der Waals surface area (Å²) in [5.41, 5.74) is 5.33. The quantitative estimate of drug-likeness (QED) is 0.250. The van der Waals surface area contributed by atoms with Crippen LogP contribution in [0.2, 0.25) is 0 Å². The van der Waals surface area contributed by atoms with E-state index in [0.29, 0.717) is 13.2 Å². The monoisotopic (exact) mass is 476 g/mol. The Morgan fingerprint density at radius 1 is 0.857 bits per heavy atom. The van der Waals surface area contributed by atoms with Gasteiger partial charge < -0.3 is 18.9 Å². The van der Waals surface area contributed by atoms with Crippen molar-refractivity contribution in [3.63, 3.8) is 0 Å². The topological polar surface area (TPSA) is 40.8 Å². The molecule has 1 aromatic heterocycles. The summed E-state index contributed by atoms with van der Waals surface area (Å²) in [5, 5.41) is 2.37. The minimum absolute atomic E-state index is 0.603. The normalized spacial score (nSPS) is 13.9. The molecule has 5 heteroatoms. The molecular formula is C30H38NO4+. The van der Waals surface area contributed by atoms with Gasteiger partial charge in [-0.15, -0.1) is 0 Å². The third-order valence-electron chi connectivity index (χ3n) is 7.44. The van der Waals surface area contributed by atoms with Crippen LogP contribution in [0.5, 0.6) is 23.0 Å². The zero-order valence-corrected chi connectivity index (χ0v) is 21.5. The van der Waals surface area contributed by atoms with E-state index in [9.17, 15) is 0 Å². The molecule has 0 bridgehead atoms. The summed E-state index contributed by atoms with van der Waals surface area (Å²) in [6.07, 6.45) is 13.4. The molecule has 5 nitrogen and oxygen atoms in total. The van der Waals surface area contributed by atoms with Gasteiger partial charge in [-0.05, 0) is 42.7 Å². The van der Waals surface area contributed by atoms with Crippen molar-refractivity contribution in [3.8, 4) is 34.3 Å². The van der Waals surface area contributed by atoms with E-state index in [1.165, 1.54) is 72.7 Å². The van der Waals surface area contributed by atoms with Gasteiger partial charge in [0, 0.05) is 17.4 Å². The van der Waals surface area contributed by atoms with Gasteiger partial charge in [0.25, 0.3) is 0 Å². The summed E-state index contributed by atoms with van der Waals surface area (Å²) in [7, 11) is 3.44. The Bertz CT molecular complexity index is 1200. The second-order valence-corrected chi connectivity index (χ2v) is 9.69. The van der Waals surface area contributed by atoms with Gasteiger partial charge in [-0.3, -0.25) is 0 Å². The summed E-state index contributed by atoms with van der Waals surface area (Å²) < 4.78 is 25.8. The van der Waals surface area contributed by atoms with E-state index >= 15 is 0 Å². The van der Waals surface area contributed by atoms with Crippen LogP contribution in [-0.4, -0.2) is 27.4 Å². The van der Waals surface area contributed by atoms with Crippen molar-refractivity contribution in [3.05, 3.63) is 41.6 Å². The van der Waals surface area contributed by atoms with Gasteiger partial charge in [0.15, 0.2) is 35.7 Å². The number of hydrogen-bond acceptors (Lipinski definition) is 4. The van der Waals surface area contributed by atoms with E-state index < -0.39 is 0 Å². The first-order valence-electron chi connectivity index (χ1n) is 13.3. The molecule has 0 saturated heterocycles. The number of nitrogens with zero attached hydrogens (tertiary/aromatic N) is 1. The van der Waals surface area contributed by atoms with Gasteiger partial charge >= 0.3 is 0 Å². The molecule has 0 saturated carbocycles. The number of pyridine rings is 1. The van der Waals surface area contributed by atoms with Gasteiger partial charge in [-0.1, -0.05) is 45.4 Å². The van der Waals surface area contributed by atoms with E-state index in [1.54, 1.807) is 14.2 Å². The molecule has 0 spiro atoms. The first kappa shape index (κ1) is 23.8. The Hall–Kier alpha value is -2.95. The molecule has 3 aromatic rings. The standard InChI is InChI=1S/C30H38NO4/c1-4-5-6-7-8-9-10-11-23-22-12-13-26(32-2)30(33-3)25(22)20-31-15-14-21-18-27-28(35-17-16-34-27)19-24(21)29(23)31/h12-13,18-20H,4-11,14-17H2,1-3H3/q+1. The maximum Gasteiger partial charge on any atom is 0.216 e. The second kappa shape index (κ2) is 10.8. The van der Waals surface area contributed by atoms with Crippen LogP contribution in [0.3, 0.4) is 0 Å². The lowest BCUT2D eigenvalue weighted by atomic mass is 9.89. The van der Waals surface area contributed by atoms with Gasteiger partial charge in [0.2, 0.25) is 5.69 Å². The molecule has 3 heterocycles. The minimum atomic E-state index is 0.603. The third kappa shape index (κ3) is 4.65. The molecule has 2 aliphatic heterocycles. The van der Waals surface area contributed by atoms with E-state index in [-0.39, 0.29) is 0 Å². The molecule has 35 heavy (non-hydrogen) atoms. The molecule has 0 amide bonds. The molecule has 2 aliphatic rings. The Morgan fingerprint density at radius 3 is 2.34 bits per heavy atom. The lowest BCUT2D eigenvalue weighted by Crippen LogP contribution is -2.41. The van der Waals surface area contributed by atoms with Crippen molar-refractivity contribution in [1.29, 1.82) is 0 Å². The Kier molecular flexibility index (Phi) is 7.31. The van der Waals surface area contributed by atoms with Crippen LogP contribution in [0.4, 0.5) is 0 Å². The Labute approximate surface area is 209 Å². The average Bonchev–Trinajstić information content (AvgIpc) is 2.90. The van der Waals surface area contributed by atoms with Gasteiger partial charge in [-0.2, -0.15) is 4.57 Å². The van der Waals surface area contributed by atoms with Crippen molar-refractivity contribution in [2.24, 2.45) is 0 Å². The van der Waals surface area contributed by atoms with Crippen LogP contribution in [0, 0.1) is 0 Å². The lowest BCUT2D eigenvalue weighted by molar-refractivity contribution is -0.686. The maximum atomic E-state index is 5.97. The van der Waals surface area contributed by atoms with Crippen LogP contribution < -0.4 is 23.5 Å². The van der Waals surface area contributed by atoms with Gasteiger partial charge in [0.05, 0.1) is 25.2 Å². The van der Waals surface area contributed by atoms with Crippen molar-refractivity contribution >= 4 is 10.8 Å². The van der Waals surface area contributed by atoms with Crippen LogP contribution in [0.25, 0.3) is 22.0 Å². The first-order chi connectivity index (χ1) is 17.2. The average molecular weight is 477 g/mol. The molecule has 0 N–H and O–H groups in total. The summed E-state index contributed by atoms with van der Waals surface area (Å²) in [4.78, 5) is 0. The number of methoxy groups -OCH3 is 2. The Morgan fingerprint density at radius 2 is 1.60 bits per heavy atom. The Balaban J connectivity index is 1.58. The number of aromatic nitrogens is 1. The summed E-state index contributed by atoms with van der Waals surface area (Å²) >= 11 is 0. The fraction of sp³-hybridized carbons (Fsp3) is 0.500. The predicted octanol–water partition coefficient (Wildman–Crippen LogP) is 6.43. The predicted molar refractivity (Wildman–Crippen MR) is 139 cm³/mol. The maximum absolute atomic E-state index is 5.97. The van der Waals surface area contributed by atoms with Crippen molar-refractivity contribution < 1.29 is 23.5 Å². The van der Waals surface area contributed by atoms with Crippen molar-refractivity contribution in [1.82, 2.24) is 0 Å². The summed E-state index contributed by atoms with van der Waals surface area (Å²) in [5.74, 6) is 3.33. The van der Waals surface area contributed by atoms with Crippen molar-refractivity contribution in [2.75, 3.05) is 27.4 Å². The molecule has 186 valence electrons. The number of hydrogen-bond donors (Lipinski definition) is 0. The minimum Gasteiger partial charge on any atom is -0.493 e. The largest absolute Gasteiger partial charge is 0.493 e. The number of benzene rings is 2. The van der Waals surface area contributed by atoms with E-state index in [1.807, 2.05) is 6.07 Å². The van der Waals surface area contributed by atoms with Crippen LogP contribution in [0.15, 0.2) is 30.5 Å². The number of fused-ring (bicyclic) bond motifs is 5. The van der Waals surface area contributed by atoms with Gasteiger partial charge in [-0.25, -0.2) is 0 Å². The van der Waals surface area contributed by atoms with Crippen LogP contribution in [-0.2, 0) is 19.4 Å². The summed E-state index contributed by atoms with van der Waals surface area (Å²) in [6, 6.07) is 8.65. The third-order valence-corrected chi connectivity index (χ3v) is 7.44. The number of rotatable bonds is 10. The number of aryl methyl sites for hydroxylation is 3. The van der Waals surface area contributed by atoms with E-state index in [2.05, 4.69) is 35.9 Å².